The lowest BCUT2D eigenvalue weighted by Gasteiger charge is -2.42. The van der Waals surface area contributed by atoms with Gasteiger partial charge in [-0.15, -0.1) is 0 Å². The van der Waals surface area contributed by atoms with E-state index >= 15 is 0 Å². The third kappa shape index (κ3) is 3.76. The van der Waals surface area contributed by atoms with Crippen LogP contribution in [0.15, 0.2) is 18.3 Å². The van der Waals surface area contributed by atoms with E-state index in [0.717, 1.165) is 42.7 Å². The lowest BCUT2D eigenvalue weighted by molar-refractivity contribution is -0.140. The van der Waals surface area contributed by atoms with Gasteiger partial charge in [-0.2, -0.15) is 0 Å². The molecule has 1 aromatic rings. The molecule has 1 aliphatic carbocycles. The Hall–Kier alpha value is -2.31. The van der Waals surface area contributed by atoms with Crippen LogP contribution in [0.25, 0.3) is 0 Å². The first-order valence-corrected chi connectivity index (χ1v) is 11.7. The molecule has 3 fully saturated rings. The van der Waals surface area contributed by atoms with Crippen LogP contribution in [0.4, 0.5) is 4.79 Å². The summed E-state index contributed by atoms with van der Waals surface area (Å²) in [6.45, 7) is 7.28. The van der Waals surface area contributed by atoms with E-state index in [1.165, 1.54) is 0 Å². The van der Waals surface area contributed by atoms with E-state index in [-0.39, 0.29) is 29.8 Å². The molecule has 0 bridgehead atoms. The standard InChI is InChI=1S/C24H36N4O3/c1-5-23(2,3)17-10-12-24(13-11-17)21(30)28(22(31)25-24)16-20(29)27-15-7-9-19(27)18-8-6-14-26(18)4/h6,8,14,17,19H,5,7,9-13,15-16H2,1-4H3,(H,25,31). The normalized spacial score (nSPS) is 29.2. The summed E-state index contributed by atoms with van der Waals surface area (Å²) in [4.78, 5) is 42.2. The highest BCUT2D eigenvalue weighted by Crippen LogP contribution is 2.45. The van der Waals surface area contributed by atoms with Crippen molar-refractivity contribution in [2.45, 2.75) is 77.3 Å². The Bertz CT molecular complexity index is 866. The van der Waals surface area contributed by atoms with Crippen molar-refractivity contribution >= 4 is 17.8 Å². The van der Waals surface area contributed by atoms with Crippen molar-refractivity contribution in [3.8, 4) is 0 Å². The molecule has 4 rings (SSSR count). The van der Waals surface area contributed by atoms with Crippen molar-refractivity contribution in [1.29, 1.82) is 0 Å². The Labute approximate surface area is 185 Å². The second-order valence-electron chi connectivity index (χ2n) is 10.3. The number of nitrogens with zero attached hydrogens (tertiary/aromatic N) is 3. The maximum atomic E-state index is 13.3. The number of carbonyl (C=O) groups excluding carboxylic acids is 3. The van der Waals surface area contributed by atoms with E-state index in [4.69, 9.17) is 0 Å². The molecule has 1 atom stereocenters. The highest BCUT2D eigenvalue weighted by atomic mass is 16.2. The zero-order valence-electron chi connectivity index (χ0n) is 19.3. The Morgan fingerprint density at radius 3 is 2.55 bits per heavy atom. The van der Waals surface area contributed by atoms with Crippen LogP contribution in [0.5, 0.6) is 0 Å². The maximum absolute atomic E-state index is 13.3. The van der Waals surface area contributed by atoms with Gasteiger partial charge in [-0.05, 0) is 62.0 Å². The quantitative estimate of drug-likeness (QED) is 0.728. The summed E-state index contributed by atoms with van der Waals surface area (Å²) in [6.07, 6.45) is 8.09. The van der Waals surface area contributed by atoms with E-state index in [2.05, 4.69) is 26.1 Å². The minimum absolute atomic E-state index is 0.00828. The minimum Gasteiger partial charge on any atom is -0.353 e. The van der Waals surface area contributed by atoms with Gasteiger partial charge in [-0.25, -0.2) is 4.79 Å². The van der Waals surface area contributed by atoms with Crippen LogP contribution < -0.4 is 5.32 Å². The molecule has 1 aromatic heterocycles. The molecule has 4 amide bonds. The summed E-state index contributed by atoms with van der Waals surface area (Å²) in [5.41, 5.74) is 0.515. The molecule has 0 aromatic carbocycles. The first kappa shape index (κ1) is 21.9. The molecule has 2 saturated heterocycles. The molecule has 31 heavy (non-hydrogen) atoms. The molecule has 170 valence electrons. The predicted molar refractivity (Wildman–Crippen MR) is 118 cm³/mol. The average molecular weight is 429 g/mol. The molecule has 0 radical (unpaired) electrons. The first-order chi connectivity index (χ1) is 14.7. The number of imide groups is 1. The van der Waals surface area contributed by atoms with Gasteiger partial charge in [-0.1, -0.05) is 27.2 Å². The largest absolute Gasteiger partial charge is 0.353 e. The Balaban J connectivity index is 1.43. The number of urea groups is 1. The van der Waals surface area contributed by atoms with Crippen molar-refractivity contribution in [1.82, 2.24) is 19.7 Å². The topological polar surface area (TPSA) is 74.7 Å². The summed E-state index contributed by atoms with van der Waals surface area (Å²) in [6, 6.07) is 3.61. The van der Waals surface area contributed by atoms with Gasteiger partial charge < -0.3 is 14.8 Å². The van der Waals surface area contributed by atoms with E-state index in [0.29, 0.717) is 25.3 Å². The van der Waals surface area contributed by atoms with Crippen LogP contribution in [0, 0.1) is 11.3 Å². The van der Waals surface area contributed by atoms with Crippen LogP contribution in [0.2, 0.25) is 0 Å². The monoisotopic (exact) mass is 428 g/mol. The Kier molecular flexibility index (Phi) is 5.64. The Morgan fingerprint density at radius 1 is 1.23 bits per heavy atom. The summed E-state index contributed by atoms with van der Waals surface area (Å²) in [7, 11) is 1.98. The zero-order chi connectivity index (χ0) is 22.4. The number of rotatable bonds is 5. The fraction of sp³-hybridized carbons (Fsp3) is 0.708. The number of nitrogens with one attached hydrogen (secondary N) is 1. The molecule has 1 saturated carbocycles. The highest BCUT2D eigenvalue weighted by molar-refractivity contribution is 6.09. The second kappa shape index (κ2) is 7.99. The minimum atomic E-state index is -0.819. The number of likely N-dealkylation sites (tertiary alicyclic amines) is 1. The molecule has 1 N–H and O–H groups in total. The smallest absolute Gasteiger partial charge is 0.325 e. The van der Waals surface area contributed by atoms with Gasteiger partial charge in [0.15, 0.2) is 0 Å². The van der Waals surface area contributed by atoms with E-state index in [1.54, 1.807) is 0 Å². The lowest BCUT2D eigenvalue weighted by atomic mass is 9.65. The lowest BCUT2D eigenvalue weighted by Crippen LogP contribution is -2.51. The van der Waals surface area contributed by atoms with Crippen LogP contribution in [0.3, 0.4) is 0 Å². The SMILES string of the molecule is CCC(C)(C)C1CCC2(CC1)NC(=O)N(CC(=O)N1CCCC1c1cccn1C)C2=O. The number of hydrogen-bond acceptors (Lipinski definition) is 3. The molecule has 7 nitrogen and oxygen atoms in total. The van der Waals surface area contributed by atoms with Gasteiger partial charge >= 0.3 is 6.03 Å². The first-order valence-electron chi connectivity index (χ1n) is 11.7. The molecule has 3 aliphatic rings. The van der Waals surface area contributed by atoms with Crippen molar-refractivity contribution in [2.75, 3.05) is 13.1 Å². The van der Waals surface area contributed by atoms with Gasteiger partial charge in [-0.3, -0.25) is 14.5 Å². The molecule has 3 heterocycles. The van der Waals surface area contributed by atoms with Crippen molar-refractivity contribution < 1.29 is 14.4 Å². The van der Waals surface area contributed by atoms with Gasteiger partial charge in [0.25, 0.3) is 5.91 Å². The van der Waals surface area contributed by atoms with Gasteiger partial charge in [0.1, 0.15) is 12.1 Å². The third-order valence-electron chi connectivity index (χ3n) is 8.29. The third-order valence-corrected chi connectivity index (χ3v) is 8.29. The highest BCUT2D eigenvalue weighted by Gasteiger charge is 2.54. The van der Waals surface area contributed by atoms with E-state index in [9.17, 15) is 14.4 Å². The summed E-state index contributed by atoms with van der Waals surface area (Å²) >= 11 is 0. The fourth-order valence-electron chi connectivity index (χ4n) is 5.76. The number of amides is 4. The van der Waals surface area contributed by atoms with Crippen LogP contribution >= 0.6 is 0 Å². The Morgan fingerprint density at radius 2 is 1.94 bits per heavy atom. The second-order valence-corrected chi connectivity index (χ2v) is 10.3. The predicted octanol–water partition coefficient (Wildman–Crippen LogP) is 3.61. The zero-order valence-corrected chi connectivity index (χ0v) is 19.3. The number of aromatic nitrogens is 1. The van der Waals surface area contributed by atoms with Crippen molar-refractivity contribution in [3.05, 3.63) is 24.0 Å². The van der Waals surface area contributed by atoms with Gasteiger partial charge in [0, 0.05) is 25.5 Å². The summed E-state index contributed by atoms with van der Waals surface area (Å²) in [5, 5.41) is 2.97. The number of aryl methyl sites for hydroxylation is 1. The van der Waals surface area contributed by atoms with E-state index < -0.39 is 11.6 Å². The molecule has 7 heteroatoms. The van der Waals surface area contributed by atoms with Crippen molar-refractivity contribution in [3.63, 3.8) is 0 Å². The molecule has 1 spiro atoms. The van der Waals surface area contributed by atoms with Crippen molar-refractivity contribution in [2.24, 2.45) is 18.4 Å². The van der Waals surface area contributed by atoms with Gasteiger partial charge in [0.05, 0.1) is 6.04 Å². The maximum Gasteiger partial charge on any atom is 0.325 e. The summed E-state index contributed by atoms with van der Waals surface area (Å²) in [5.74, 6) is 0.192. The average Bonchev–Trinajstić information content (AvgIpc) is 3.44. The number of carbonyl (C=O) groups is 3. The summed E-state index contributed by atoms with van der Waals surface area (Å²) < 4.78 is 2.04. The molecular formula is C24H36N4O3. The number of hydrogen-bond donors (Lipinski definition) is 1. The molecular weight excluding hydrogens is 392 g/mol. The van der Waals surface area contributed by atoms with E-state index in [1.807, 2.05) is 34.8 Å². The molecule has 1 unspecified atom stereocenters. The fourth-order valence-corrected chi connectivity index (χ4v) is 5.76. The molecule has 2 aliphatic heterocycles. The van der Waals surface area contributed by atoms with Crippen LogP contribution in [-0.2, 0) is 16.6 Å². The van der Waals surface area contributed by atoms with Crippen LogP contribution in [0.1, 0.15) is 77.5 Å². The van der Waals surface area contributed by atoms with Crippen LogP contribution in [-0.4, -0.2) is 50.8 Å². The van der Waals surface area contributed by atoms with Gasteiger partial charge in [0.2, 0.25) is 5.91 Å².